The molecule has 6 heteroatoms. The summed E-state index contributed by atoms with van der Waals surface area (Å²) in [4.78, 5) is 2.00. The van der Waals surface area contributed by atoms with E-state index in [-0.39, 0.29) is 4.21 Å². The molecule has 0 atom stereocenters. The van der Waals surface area contributed by atoms with Crippen LogP contribution in [-0.4, -0.2) is 14.2 Å². The maximum absolute atomic E-state index is 11.0. The first-order valence-electron chi connectivity index (χ1n) is 3.53. The molecule has 2 N–H and O–H groups in total. The van der Waals surface area contributed by atoms with Crippen molar-refractivity contribution in [3.05, 3.63) is 17.0 Å². The van der Waals surface area contributed by atoms with Crippen molar-refractivity contribution < 1.29 is 8.42 Å². The van der Waals surface area contributed by atoms with E-state index in [1.807, 2.05) is 12.2 Å². The number of fused-ring (bicyclic) bond motifs is 1. The maximum Gasteiger partial charge on any atom is 0.247 e. The van der Waals surface area contributed by atoms with Crippen LogP contribution in [0.25, 0.3) is 6.08 Å². The van der Waals surface area contributed by atoms with Crippen LogP contribution in [0.2, 0.25) is 0 Å². The molecule has 13 heavy (non-hydrogen) atoms. The molecule has 3 nitrogen and oxygen atoms in total. The Hall–Kier alpha value is -0.300. The summed E-state index contributed by atoms with van der Waals surface area (Å²) >= 11 is 2.85. The number of rotatable bonds is 1. The van der Waals surface area contributed by atoms with Crippen LogP contribution in [0.3, 0.4) is 0 Å². The van der Waals surface area contributed by atoms with Crippen LogP contribution in [0, 0.1) is 0 Å². The van der Waals surface area contributed by atoms with E-state index in [1.54, 1.807) is 17.8 Å². The molecular formula is C7H7NO2S3. The van der Waals surface area contributed by atoms with E-state index < -0.39 is 10.0 Å². The molecule has 0 spiro atoms. The second-order valence-electron chi connectivity index (χ2n) is 2.55. The molecule has 0 saturated carbocycles. The first kappa shape index (κ1) is 9.26. The van der Waals surface area contributed by atoms with Gasteiger partial charge in [-0.25, -0.2) is 13.6 Å². The largest absolute Gasteiger partial charge is 0.247 e. The fourth-order valence-corrected chi connectivity index (χ4v) is 4.00. The van der Waals surface area contributed by atoms with Gasteiger partial charge in [-0.05, 0) is 12.1 Å². The van der Waals surface area contributed by atoms with E-state index in [4.69, 9.17) is 5.14 Å². The number of nitrogens with two attached hydrogens (primary N) is 1. The molecule has 2 rings (SSSR count). The van der Waals surface area contributed by atoms with Crippen molar-refractivity contribution in [3.63, 3.8) is 0 Å². The average molecular weight is 233 g/mol. The topological polar surface area (TPSA) is 60.2 Å². The standard InChI is InChI=1S/C7H7NO2S3/c8-13(9,10)7-4-6-5(12-7)2-1-3-11-6/h1-2,4H,3H2,(H2,8,9,10). The van der Waals surface area contributed by atoms with Crippen molar-refractivity contribution in [1.82, 2.24) is 0 Å². The third kappa shape index (κ3) is 1.80. The van der Waals surface area contributed by atoms with Crippen LogP contribution in [0.1, 0.15) is 4.88 Å². The van der Waals surface area contributed by atoms with Crippen LogP contribution in [0.5, 0.6) is 0 Å². The first-order valence-corrected chi connectivity index (χ1v) is 6.88. The van der Waals surface area contributed by atoms with Gasteiger partial charge in [-0.3, -0.25) is 0 Å². The van der Waals surface area contributed by atoms with Crippen molar-refractivity contribution in [2.45, 2.75) is 9.10 Å². The number of sulfonamides is 1. The molecule has 0 saturated heterocycles. The van der Waals surface area contributed by atoms with E-state index in [0.717, 1.165) is 15.5 Å². The molecule has 1 aromatic rings. The molecule has 0 amide bonds. The summed E-state index contributed by atoms with van der Waals surface area (Å²) in [6.45, 7) is 0. The van der Waals surface area contributed by atoms with Gasteiger partial charge in [-0.2, -0.15) is 0 Å². The van der Waals surface area contributed by atoms with Crippen LogP contribution in [0.4, 0.5) is 0 Å². The van der Waals surface area contributed by atoms with Crippen LogP contribution in [0.15, 0.2) is 21.2 Å². The Bertz CT molecular complexity index is 458. The van der Waals surface area contributed by atoms with Crippen molar-refractivity contribution >= 4 is 39.2 Å². The Morgan fingerprint density at radius 2 is 2.23 bits per heavy atom. The third-order valence-corrected chi connectivity index (χ3v) is 5.24. The summed E-state index contributed by atoms with van der Waals surface area (Å²) in [6.07, 6.45) is 3.95. The Labute approximate surface area is 84.7 Å². The van der Waals surface area contributed by atoms with Crippen LogP contribution >= 0.6 is 23.1 Å². The normalized spacial score (nSPS) is 15.8. The van der Waals surface area contributed by atoms with Crippen LogP contribution in [-0.2, 0) is 10.0 Å². The first-order chi connectivity index (χ1) is 6.07. The summed E-state index contributed by atoms with van der Waals surface area (Å²) in [7, 11) is -3.53. The molecule has 0 bridgehead atoms. The average Bonchev–Trinajstić information content (AvgIpc) is 2.45. The highest BCUT2D eigenvalue weighted by Crippen LogP contribution is 2.36. The quantitative estimate of drug-likeness (QED) is 0.800. The molecule has 0 unspecified atom stereocenters. The fourth-order valence-electron chi connectivity index (χ4n) is 1.03. The zero-order valence-electron chi connectivity index (χ0n) is 6.56. The van der Waals surface area contributed by atoms with Crippen molar-refractivity contribution in [2.24, 2.45) is 5.14 Å². The van der Waals surface area contributed by atoms with Crippen LogP contribution < -0.4 is 5.14 Å². The smallest absolute Gasteiger partial charge is 0.224 e. The second kappa shape index (κ2) is 3.13. The van der Waals surface area contributed by atoms with Gasteiger partial charge in [0, 0.05) is 15.5 Å². The lowest BCUT2D eigenvalue weighted by Crippen LogP contribution is -2.09. The number of thioether (sulfide) groups is 1. The van der Waals surface area contributed by atoms with Crippen molar-refractivity contribution in [1.29, 1.82) is 0 Å². The van der Waals surface area contributed by atoms with E-state index in [1.165, 1.54) is 11.3 Å². The minimum atomic E-state index is -3.53. The summed E-state index contributed by atoms with van der Waals surface area (Å²) in [6, 6.07) is 1.64. The van der Waals surface area contributed by atoms with Crippen molar-refractivity contribution in [3.8, 4) is 0 Å². The molecule has 1 aliphatic rings. The molecule has 0 aliphatic carbocycles. The van der Waals surface area contributed by atoms with E-state index in [9.17, 15) is 8.42 Å². The monoisotopic (exact) mass is 233 g/mol. The lowest BCUT2D eigenvalue weighted by atomic mass is 10.4. The van der Waals surface area contributed by atoms with Gasteiger partial charge in [0.25, 0.3) is 0 Å². The van der Waals surface area contributed by atoms with E-state index >= 15 is 0 Å². The zero-order chi connectivity index (χ0) is 9.47. The molecule has 0 aromatic carbocycles. The minimum absolute atomic E-state index is 0.247. The van der Waals surface area contributed by atoms with Gasteiger partial charge in [0.1, 0.15) is 4.21 Å². The summed E-state index contributed by atoms with van der Waals surface area (Å²) in [5.74, 6) is 0.897. The van der Waals surface area contributed by atoms with Gasteiger partial charge in [-0.15, -0.1) is 23.1 Å². The molecule has 70 valence electrons. The van der Waals surface area contributed by atoms with Gasteiger partial charge in [0.05, 0.1) is 0 Å². The Morgan fingerprint density at radius 3 is 2.85 bits per heavy atom. The molecular weight excluding hydrogens is 226 g/mol. The molecule has 0 radical (unpaired) electrons. The summed E-state index contributed by atoms with van der Waals surface area (Å²) in [5.41, 5.74) is 0. The van der Waals surface area contributed by atoms with E-state index in [2.05, 4.69) is 0 Å². The lowest BCUT2D eigenvalue weighted by molar-refractivity contribution is 0.599. The number of hydrogen-bond donors (Lipinski definition) is 1. The summed E-state index contributed by atoms with van der Waals surface area (Å²) < 4.78 is 22.3. The highest BCUT2D eigenvalue weighted by molar-refractivity contribution is 7.99. The van der Waals surface area contributed by atoms with Gasteiger partial charge < -0.3 is 0 Å². The lowest BCUT2D eigenvalue weighted by Gasteiger charge is -2.00. The fraction of sp³-hybridized carbons (Fsp3) is 0.143. The Kier molecular flexibility index (Phi) is 2.23. The minimum Gasteiger partial charge on any atom is -0.224 e. The van der Waals surface area contributed by atoms with Gasteiger partial charge in [0.15, 0.2) is 0 Å². The second-order valence-corrected chi connectivity index (χ2v) is 6.49. The highest BCUT2D eigenvalue weighted by Gasteiger charge is 2.16. The zero-order valence-corrected chi connectivity index (χ0v) is 9.01. The number of primary sulfonamides is 1. The SMILES string of the molecule is NS(=O)(=O)c1cc2c(s1)C=CCS2. The van der Waals surface area contributed by atoms with Gasteiger partial charge in [-0.1, -0.05) is 6.08 Å². The third-order valence-electron chi connectivity index (χ3n) is 1.59. The predicted octanol–water partition coefficient (Wildman–Crippen LogP) is 1.51. The molecule has 1 aromatic heterocycles. The van der Waals surface area contributed by atoms with Crippen molar-refractivity contribution in [2.75, 3.05) is 5.75 Å². The number of thiophene rings is 1. The highest BCUT2D eigenvalue weighted by atomic mass is 32.2. The number of hydrogen-bond acceptors (Lipinski definition) is 4. The predicted molar refractivity (Wildman–Crippen MR) is 55.5 cm³/mol. The molecule has 2 heterocycles. The van der Waals surface area contributed by atoms with Gasteiger partial charge >= 0.3 is 0 Å². The Balaban J connectivity index is 2.55. The Morgan fingerprint density at radius 1 is 1.46 bits per heavy atom. The maximum atomic E-state index is 11.0. The molecule has 1 aliphatic heterocycles. The molecule has 0 fully saturated rings. The van der Waals surface area contributed by atoms with E-state index in [0.29, 0.717) is 0 Å². The van der Waals surface area contributed by atoms with Gasteiger partial charge in [0.2, 0.25) is 10.0 Å². The summed E-state index contributed by atoms with van der Waals surface area (Å²) in [5, 5.41) is 5.02.